The van der Waals surface area contributed by atoms with E-state index in [1.165, 1.54) is 0 Å². The molecule has 0 saturated carbocycles. The largest absolute Gasteiger partial charge is 0.353 e. The fraction of sp³-hybridized carbons (Fsp3) is 0.0588. The van der Waals surface area contributed by atoms with E-state index in [9.17, 15) is 4.79 Å². The van der Waals surface area contributed by atoms with E-state index in [0.29, 0.717) is 28.0 Å². The maximum Gasteiger partial charge on any atom is 0.230 e. The van der Waals surface area contributed by atoms with Crippen LogP contribution in [0.5, 0.6) is 0 Å². The van der Waals surface area contributed by atoms with E-state index >= 15 is 0 Å². The average molecular weight is 378 g/mol. The summed E-state index contributed by atoms with van der Waals surface area (Å²) in [6.45, 7) is 0. The molecule has 0 fully saturated rings. The average Bonchev–Trinajstić information content (AvgIpc) is 3.06. The van der Waals surface area contributed by atoms with Crippen molar-refractivity contribution < 1.29 is 4.79 Å². The predicted octanol–water partition coefficient (Wildman–Crippen LogP) is 5.37. The second kappa shape index (κ2) is 7.66. The summed E-state index contributed by atoms with van der Waals surface area (Å²) in [5.74, 6) is 0.405. The lowest BCUT2D eigenvalue weighted by atomic mass is 10.3. The highest BCUT2D eigenvalue weighted by atomic mass is 35.5. The molecular weight excluding hydrogens is 365 g/mol. The first kappa shape index (κ1) is 16.8. The molecule has 0 bridgehead atoms. The van der Waals surface area contributed by atoms with Crippen LogP contribution in [-0.4, -0.2) is 10.9 Å². The SMILES string of the molecule is O=C(Cc1cccs1)Nc1ccc(Nc2cccc(Cl)c2Cl)cn1. The highest BCUT2D eigenvalue weighted by molar-refractivity contribution is 7.10. The molecule has 2 aromatic heterocycles. The number of anilines is 3. The number of amides is 1. The number of hydrogen-bond donors (Lipinski definition) is 2. The Balaban J connectivity index is 1.63. The molecule has 0 aliphatic carbocycles. The highest BCUT2D eigenvalue weighted by Gasteiger charge is 2.07. The molecule has 3 aromatic rings. The molecule has 3 rings (SSSR count). The minimum absolute atomic E-state index is 0.0939. The summed E-state index contributed by atoms with van der Waals surface area (Å²) in [4.78, 5) is 17.2. The molecule has 1 amide bonds. The van der Waals surface area contributed by atoms with Crippen molar-refractivity contribution in [3.63, 3.8) is 0 Å². The Morgan fingerprint density at radius 3 is 2.71 bits per heavy atom. The maximum absolute atomic E-state index is 11.9. The van der Waals surface area contributed by atoms with Crippen molar-refractivity contribution in [1.82, 2.24) is 4.98 Å². The van der Waals surface area contributed by atoms with Gasteiger partial charge in [-0.1, -0.05) is 35.3 Å². The predicted molar refractivity (Wildman–Crippen MR) is 101 cm³/mol. The minimum atomic E-state index is -0.0939. The number of benzene rings is 1. The molecule has 0 spiro atoms. The van der Waals surface area contributed by atoms with Gasteiger partial charge in [0.15, 0.2) is 0 Å². The number of rotatable bonds is 5. The van der Waals surface area contributed by atoms with Crippen molar-refractivity contribution in [2.75, 3.05) is 10.6 Å². The summed E-state index contributed by atoms with van der Waals surface area (Å²) in [5.41, 5.74) is 1.44. The lowest BCUT2D eigenvalue weighted by molar-refractivity contribution is -0.115. The molecular formula is C17H13Cl2N3OS. The molecule has 0 radical (unpaired) electrons. The van der Waals surface area contributed by atoms with Crippen molar-refractivity contribution in [3.05, 3.63) is 69.0 Å². The Morgan fingerprint density at radius 2 is 2.00 bits per heavy atom. The molecule has 122 valence electrons. The van der Waals surface area contributed by atoms with E-state index in [0.717, 1.165) is 10.6 Å². The number of hydrogen-bond acceptors (Lipinski definition) is 4. The fourth-order valence-electron chi connectivity index (χ4n) is 2.06. The molecule has 2 heterocycles. The van der Waals surface area contributed by atoms with Gasteiger partial charge in [0.05, 0.1) is 34.0 Å². The molecule has 0 aliphatic rings. The van der Waals surface area contributed by atoms with Crippen LogP contribution in [0.4, 0.5) is 17.2 Å². The van der Waals surface area contributed by atoms with E-state index < -0.39 is 0 Å². The van der Waals surface area contributed by atoms with Crippen molar-refractivity contribution in [2.45, 2.75) is 6.42 Å². The van der Waals surface area contributed by atoms with Crippen LogP contribution in [-0.2, 0) is 11.2 Å². The number of thiophene rings is 1. The van der Waals surface area contributed by atoms with Gasteiger partial charge < -0.3 is 10.6 Å². The lowest BCUT2D eigenvalue weighted by Gasteiger charge is -2.10. The molecule has 0 unspecified atom stereocenters. The van der Waals surface area contributed by atoms with Gasteiger partial charge in [0.25, 0.3) is 0 Å². The third-order valence-electron chi connectivity index (χ3n) is 3.18. The van der Waals surface area contributed by atoms with Gasteiger partial charge in [0.2, 0.25) is 5.91 Å². The highest BCUT2D eigenvalue weighted by Crippen LogP contribution is 2.31. The van der Waals surface area contributed by atoms with Crippen molar-refractivity contribution in [1.29, 1.82) is 0 Å². The molecule has 2 N–H and O–H groups in total. The van der Waals surface area contributed by atoms with E-state index in [2.05, 4.69) is 15.6 Å². The smallest absolute Gasteiger partial charge is 0.230 e. The van der Waals surface area contributed by atoms with Crippen molar-refractivity contribution in [2.24, 2.45) is 0 Å². The first-order chi connectivity index (χ1) is 11.6. The fourth-order valence-corrected chi connectivity index (χ4v) is 3.11. The van der Waals surface area contributed by atoms with Gasteiger partial charge in [-0.3, -0.25) is 4.79 Å². The van der Waals surface area contributed by atoms with E-state index in [4.69, 9.17) is 23.2 Å². The van der Waals surface area contributed by atoms with Crippen LogP contribution in [0.15, 0.2) is 54.0 Å². The molecule has 0 atom stereocenters. The van der Waals surface area contributed by atoms with E-state index in [-0.39, 0.29) is 5.91 Å². The summed E-state index contributed by atoms with van der Waals surface area (Å²) < 4.78 is 0. The summed E-state index contributed by atoms with van der Waals surface area (Å²) >= 11 is 13.7. The Hall–Kier alpha value is -2.08. The molecule has 4 nitrogen and oxygen atoms in total. The Morgan fingerprint density at radius 1 is 1.12 bits per heavy atom. The zero-order chi connectivity index (χ0) is 16.9. The third-order valence-corrected chi connectivity index (χ3v) is 4.87. The number of pyridine rings is 1. The van der Waals surface area contributed by atoms with Crippen LogP contribution >= 0.6 is 34.5 Å². The van der Waals surface area contributed by atoms with E-state index in [1.54, 1.807) is 29.7 Å². The van der Waals surface area contributed by atoms with Crippen molar-refractivity contribution in [3.8, 4) is 0 Å². The monoisotopic (exact) mass is 377 g/mol. The number of halogens is 2. The first-order valence-electron chi connectivity index (χ1n) is 7.11. The minimum Gasteiger partial charge on any atom is -0.353 e. The number of nitrogens with zero attached hydrogens (tertiary/aromatic N) is 1. The van der Waals surface area contributed by atoms with Crippen molar-refractivity contribution >= 4 is 57.6 Å². The second-order valence-electron chi connectivity index (χ2n) is 4.96. The quantitative estimate of drug-likeness (QED) is 0.627. The summed E-state index contributed by atoms with van der Waals surface area (Å²) in [5, 5.41) is 8.79. The number of carbonyl (C=O) groups is 1. The van der Waals surface area contributed by atoms with Gasteiger partial charge in [-0.05, 0) is 35.7 Å². The van der Waals surface area contributed by atoms with Gasteiger partial charge in [-0.2, -0.15) is 0 Å². The normalized spacial score (nSPS) is 10.4. The summed E-state index contributed by atoms with van der Waals surface area (Å²) in [7, 11) is 0. The molecule has 1 aromatic carbocycles. The number of aromatic nitrogens is 1. The molecule has 7 heteroatoms. The zero-order valence-electron chi connectivity index (χ0n) is 12.4. The summed E-state index contributed by atoms with van der Waals surface area (Å²) in [6.07, 6.45) is 1.97. The Labute approximate surface area is 153 Å². The maximum atomic E-state index is 11.9. The van der Waals surface area contributed by atoms with Gasteiger partial charge >= 0.3 is 0 Å². The van der Waals surface area contributed by atoms with Crippen LogP contribution in [0.1, 0.15) is 4.88 Å². The Kier molecular flexibility index (Phi) is 5.35. The topological polar surface area (TPSA) is 54.0 Å². The zero-order valence-corrected chi connectivity index (χ0v) is 14.8. The van der Waals surface area contributed by atoms with Crippen LogP contribution in [0.2, 0.25) is 10.0 Å². The number of carbonyl (C=O) groups excluding carboxylic acids is 1. The first-order valence-corrected chi connectivity index (χ1v) is 8.75. The lowest BCUT2D eigenvalue weighted by Crippen LogP contribution is -2.14. The molecule has 0 aliphatic heterocycles. The van der Waals surface area contributed by atoms with Gasteiger partial charge in [0.1, 0.15) is 5.82 Å². The molecule has 24 heavy (non-hydrogen) atoms. The van der Waals surface area contributed by atoms with Gasteiger partial charge in [-0.15, -0.1) is 11.3 Å². The van der Waals surface area contributed by atoms with Crippen LogP contribution in [0.3, 0.4) is 0 Å². The van der Waals surface area contributed by atoms with Gasteiger partial charge in [-0.25, -0.2) is 4.98 Å². The van der Waals surface area contributed by atoms with E-state index in [1.807, 2.05) is 35.7 Å². The standard InChI is InChI=1S/C17H13Cl2N3OS/c18-13-4-1-5-14(17(13)19)21-11-6-7-15(20-10-11)22-16(23)9-12-3-2-8-24-12/h1-8,10,21H,9H2,(H,20,22,23). The van der Waals surface area contributed by atoms with Crippen LogP contribution in [0, 0.1) is 0 Å². The number of nitrogens with one attached hydrogen (secondary N) is 2. The van der Waals surface area contributed by atoms with Crippen LogP contribution < -0.4 is 10.6 Å². The second-order valence-corrected chi connectivity index (χ2v) is 6.78. The molecule has 0 saturated heterocycles. The van der Waals surface area contributed by atoms with Gasteiger partial charge in [0, 0.05) is 4.88 Å². The third kappa shape index (κ3) is 4.26. The summed E-state index contributed by atoms with van der Waals surface area (Å²) in [6, 6.07) is 12.7. The Bertz CT molecular complexity index is 836. The van der Waals surface area contributed by atoms with Crippen LogP contribution in [0.25, 0.3) is 0 Å².